The number of rotatable bonds is 4. The second-order valence-electron chi connectivity index (χ2n) is 6.51. The molecule has 0 saturated heterocycles. The number of aryl methyl sites for hydroxylation is 2. The molecular formula is C21H17N3O3S. The van der Waals surface area contributed by atoms with Crippen LogP contribution >= 0.6 is 11.3 Å². The average molecular weight is 391 g/mol. The maximum absolute atomic E-state index is 11.3. The maximum atomic E-state index is 11.3. The summed E-state index contributed by atoms with van der Waals surface area (Å²) in [6.07, 6.45) is 1.48. The zero-order chi connectivity index (χ0) is 19.8. The molecule has 140 valence electrons. The van der Waals surface area contributed by atoms with Gasteiger partial charge in [-0.15, -0.1) is 11.3 Å². The number of hydrogen-bond donors (Lipinski definition) is 3. The monoisotopic (exact) mass is 391 g/mol. The van der Waals surface area contributed by atoms with Crippen LogP contribution in [0.5, 0.6) is 5.75 Å². The quantitative estimate of drug-likeness (QED) is 0.418. The number of anilines is 2. The number of thiophene rings is 1. The number of nitrogens with one attached hydrogen (secondary N) is 1. The van der Waals surface area contributed by atoms with Crippen molar-refractivity contribution in [3.8, 4) is 16.9 Å². The number of aromatic nitrogens is 2. The van der Waals surface area contributed by atoms with E-state index in [1.54, 1.807) is 6.07 Å². The Labute approximate surface area is 165 Å². The van der Waals surface area contributed by atoms with Crippen molar-refractivity contribution < 1.29 is 15.0 Å². The highest BCUT2D eigenvalue weighted by Gasteiger charge is 2.15. The van der Waals surface area contributed by atoms with Crippen LogP contribution in [0.3, 0.4) is 0 Å². The van der Waals surface area contributed by atoms with Gasteiger partial charge in [0.2, 0.25) is 0 Å². The zero-order valence-electron chi connectivity index (χ0n) is 15.2. The summed E-state index contributed by atoms with van der Waals surface area (Å²) in [6.45, 7) is 4.15. The third-order valence-electron chi connectivity index (χ3n) is 4.68. The molecule has 0 aliphatic rings. The van der Waals surface area contributed by atoms with E-state index in [4.69, 9.17) is 0 Å². The summed E-state index contributed by atoms with van der Waals surface area (Å²) in [7, 11) is 0. The highest BCUT2D eigenvalue weighted by atomic mass is 32.1. The molecule has 28 heavy (non-hydrogen) atoms. The molecular weight excluding hydrogens is 374 g/mol. The maximum Gasteiger partial charge on any atom is 0.339 e. The van der Waals surface area contributed by atoms with E-state index >= 15 is 0 Å². The van der Waals surface area contributed by atoms with E-state index in [-0.39, 0.29) is 11.3 Å². The molecule has 2 aromatic carbocycles. The highest BCUT2D eigenvalue weighted by molar-refractivity contribution is 7.17. The third-order valence-corrected chi connectivity index (χ3v) is 5.56. The molecule has 0 aliphatic carbocycles. The Balaban J connectivity index is 1.82. The smallest absolute Gasteiger partial charge is 0.339 e. The first kappa shape index (κ1) is 17.9. The van der Waals surface area contributed by atoms with Gasteiger partial charge in [-0.25, -0.2) is 14.8 Å². The first-order valence-corrected chi connectivity index (χ1v) is 9.45. The topological polar surface area (TPSA) is 95.3 Å². The number of nitrogens with zero attached hydrogens (tertiary/aromatic N) is 2. The van der Waals surface area contributed by atoms with Gasteiger partial charge in [0.25, 0.3) is 0 Å². The van der Waals surface area contributed by atoms with Gasteiger partial charge in [0, 0.05) is 16.6 Å². The molecule has 3 N–H and O–H groups in total. The van der Waals surface area contributed by atoms with Crippen molar-refractivity contribution in [2.45, 2.75) is 13.8 Å². The van der Waals surface area contributed by atoms with Crippen LogP contribution in [0, 0.1) is 13.8 Å². The number of phenols is 1. The average Bonchev–Trinajstić information content (AvgIpc) is 3.10. The van der Waals surface area contributed by atoms with Gasteiger partial charge < -0.3 is 15.5 Å². The van der Waals surface area contributed by atoms with Gasteiger partial charge in [0.1, 0.15) is 28.3 Å². The molecule has 0 radical (unpaired) electrons. The van der Waals surface area contributed by atoms with Gasteiger partial charge >= 0.3 is 5.97 Å². The SMILES string of the molecule is Cc1ccc(-c2csc3ncnc(Nc4ccc(O)c(C(=O)O)c4)c23)cc1C. The highest BCUT2D eigenvalue weighted by Crippen LogP contribution is 2.38. The van der Waals surface area contributed by atoms with Gasteiger partial charge in [-0.05, 0) is 48.7 Å². The van der Waals surface area contributed by atoms with Gasteiger partial charge in [-0.2, -0.15) is 0 Å². The molecule has 4 rings (SSSR count). The normalized spacial score (nSPS) is 10.9. The standard InChI is InChI=1S/C21H17N3O3S/c1-11-3-4-13(7-12(11)2)16-9-28-20-18(16)19(22-10-23-20)24-14-5-6-17(25)15(8-14)21(26)27/h3-10,25H,1-2H3,(H,26,27)(H,22,23,24). The van der Waals surface area contributed by atoms with Crippen molar-refractivity contribution >= 4 is 39.0 Å². The zero-order valence-corrected chi connectivity index (χ0v) is 16.0. The molecule has 2 aromatic heterocycles. The van der Waals surface area contributed by atoms with Crippen molar-refractivity contribution in [3.63, 3.8) is 0 Å². The minimum atomic E-state index is -1.19. The van der Waals surface area contributed by atoms with Crippen LogP contribution in [0.4, 0.5) is 11.5 Å². The molecule has 4 aromatic rings. The number of benzene rings is 2. The van der Waals surface area contributed by atoms with Gasteiger partial charge in [-0.3, -0.25) is 0 Å². The number of aromatic hydroxyl groups is 1. The van der Waals surface area contributed by atoms with Crippen LogP contribution in [0.1, 0.15) is 21.5 Å². The van der Waals surface area contributed by atoms with Crippen LogP contribution in [-0.2, 0) is 0 Å². The van der Waals surface area contributed by atoms with Crippen molar-refractivity contribution in [3.05, 3.63) is 64.8 Å². The molecule has 0 bridgehead atoms. The van der Waals surface area contributed by atoms with E-state index in [0.717, 1.165) is 21.3 Å². The van der Waals surface area contributed by atoms with E-state index in [0.29, 0.717) is 11.5 Å². The van der Waals surface area contributed by atoms with E-state index in [9.17, 15) is 15.0 Å². The first-order chi connectivity index (χ1) is 13.4. The third kappa shape index (κ3) is 3.16. The van der Waals surface area contributed by atoms with E-state index in [2.05, 4.69) is 47.3 Å². The number of fused-ring (bicyclic) bond motifs is 1. The summed E-state index contributed by atoms with van der Waals surface area (Å²) in [5.74, 6) is -0.890. The predicted octanol–water partition coefficient (Wildman–Crippen LogP) is 5.12. The summed E-state index contributed by atoms with van der Waals surface area (Å²) in [5, 5.41) is 25.0. The molecule has 0 saturated carbocycles. The number of aromatic carboxylic acids is 1. The molecule has 0 amide bonds. The predicted molar refractivity (Wildman–Crippen MR) is 111 cm³/mol. The molecule has 0 fully saturated rings. The minimum Gasteiger partial charge on any atom is -0.507 e. The van der Waals surface area contributed by atoms with E-state index < -0.39 is 5.97 Å². The lowest BCUT2D eigenvalue weighted by Crippen LogP contribution is -2.00. The lowest BCUT2D eigenvalue weighted by atomic mass is 10.0. The molecule has 0 unspecified atom stereocenters. The minimum absolute atomic E-state index is 0.171. The Morgan fingerprint density at radius 2 is 1.89 bits per heavy atom. The Morgan fingerprint density at radius 1 is 1.07 bits per heavy atom. The van der Waals surface area contributed by atoms with Crippen LogP contribution in [0.25, 0.3) is 21.3 Å². The van der Waals surface area contributed by atoms with E-state index in [1.165, 1.54) is 40.9 Å². The van der Waals surface area contributed by atoms with Crippen molar-refractivity contribution in [2.24, 2.45) is 0 Å². The first-order valence-electron chi connectivity index (χ1n) is 8.57. The molecule has 0 aliphatic heterocycles. The summed E-state index contributed by atoms with van der Waals surface area (Å²) >= 11 is 1.53. The Morgan fingerprint density at radius 3 is 2.64 bits per heavy atom. The number of carbonyl (C=O) groups is 1. The molecule has 0 spiro atoms. The second kappa shape index (κ2) is 6.94. The van der Waals surface area contributed by atoms with Gasteiger partial charge in [-0.1, -0.05) is 18.2 Å². The summed E-state index contributed by atoms with van der Waals surface area (Å²) in [5.41, 5.74) is 4.87. The number of hydrogen-bond acceptors (Lipinski definition) is 6. The van der Waals surface area contributed by atoms with Crippen LogP contribution in [0.15, 0.2) is 48.1 Å². The Hall–Kier alpha value is -3.45. The molecule has 2 heterocycles. The number of carboxylic acids is 1. The van der Waals surface area contributed by atoms with E-state index in [1.807, 2.05) is 5.38 Å². The molecule has 0 atom stereocenters. The molecule has 7 heteroatoms. The largest absolute Gasteiger partial charge is 0.507 e. The lowest BCUT2D eigenvalue weighted by Gasteiger charge is -2.10. The Bertz CT molecular complexity index is 1220. The summed E-state index contributed by atoms with van der Waals surface area (Å²) < 4.78 is 0. The van der Waals surface area contributed by atoms with Crippen LogP contribution in [-0.4, -0.2) is 26.2 Å². The van der Waals surface area contributed by atoms with Crippen LogP contribution < -0.4 is 5.32 Å². The van der Waals surface area contributed by atoms with Crippen molar-refractivity contribution in [1.82, 2.24) is 9.97 Å². The summed E-state index contributed by atoms with van der Waals surface area (Å²) in [4.78, 5) is 20.9. The second-order valence-corrected chi connectivity index (χ2v) is 7.37. The number of carboxylic acid groups (broad SMARTS) is 1. The summed E-state index contributed by atoms with van der Waals surface area (Å²) in [6, 6.07) is 10.6. The van der Waals surface area contributed by atoms with Crippen LogP contribution in [0.2, 0.25) is 0 Å². The fourth-order valence-corrected chi connectivity index (χ4v) is 3.93. The Kier molecular flexibility index (Phi) is 4.44. The molecule has 6 nitrogen and oxygen atoms in total. The van der Waals surface area contributed by atoms with Gasteiger partial charge in [0.15, 0.2) is 0 Å². The fraction of sp³-hybridized carbons (Fsp3) is 0.0952. The van der Waals surface area contributed by atoms with Gasteiger partial charge in [0.05, 0.1) is 5.39 Å². The van der Waals surface area contributed by atoms with Crippen molar-refractivity contribution in [2.75, 3.05) is 5.32 Å². The lowest BCUT2D eigenvalue weighted by molar-refractivity contribution is 0.0694. The van der Waals surface area contributed by atoms with Crippen molar-refractivity contribution in [1.29, 1.82) is 0 Å². The fourth-order valence-electron chi connectivity index (χ4n) is 3.01.